The SMILES string of the molecule is CCOc1cc(C=C(C#N)c2ccc([N+](=O)[O-])cc2)ccc1OCCOc1ccccc1C. The van der Waals surface area contributed by atoms with Crippen LogP contribution in [0.15, 0.2) is 66.7 Å². The number of hydrogen-bond donors (Lipinski definition) is 0. The van der Waals surface area contributed by atoms with Gasteiger partial charge in [0.05, 0.1) is 23.2 Å². The number of non-ortho nitro benzene ring substituents is 1. The molecule has 0 bridgehead atoms. The molecule has 0 aromatic heterocycles. The third-order valence-electron chi connectivity index (χ3n) is 4.78. The van der Waals surface area contributed by atoms with Crippen molar-refractivity contribution < 1.29 is 19.1 Å². The van der Waals surface area contributed by atoms with Crippen LogP contribution in [0.1, 0.15) is 23.6 Å². The normalized spacial score (nSPS) is 10.9. The number of para-hydroxylation sites is 1. The van der Waals surface area contributed by atoms with E-state index in [1.54, 1.807) is 30.3 Å². The lowest BCUT2D eigenvalue weighted by Crippen LogP contribution is -2.10. The van der Waals surface area contributed by atoms with Gasteiger partial charge in [0.15, 0.2) is 11.5 Å². The van der Waals surface area contributed by atoms with E-state index in [-0.39, 0.29) is 5.69 Å². The maximum Gasteiger partial charge on any atom is 0.269 e. The average Bonchev–Trinajstić information content (AvgIpc) is 2.82. The highest BCUT2D eigenvalue weighted by Gasteiger charge is 2.10. The second-order valence-electron chi connectivity index (χ2n) is 7.08. The Morgan fingerprint density at radius 1 is 0.970 bits per heavy atom. The molecule has 0 radical (unpaired) electrons. The lowest BCUT2D eigenvalue weighted by molar-refractivity contribution is -0.384. The molecule has 0 saturated carbocycles. The molecule has 0 aliphatic rings. The van der Waals surface area contributed by atoms with Crippen molar-refractivity contribution in [3.8, 4) is 23.3 Å². The van der Waals surface area contributed by atoms with E-state index in [1.807, 2.05) is 44.2 Å². The lowest BCUT2D eigenvalue weighted by atomic mass is 10.0. The Morgan fingerprint density at radius 2 is 1.67 bits per heavy atom. The van der Waals surface area contributed by atoms with Gasteiger partial charge in [-0.2, -0.15) is 5.26 Å². The highest BCUT2D eigenvalue weighted by Crippen LogP contribution is 2.30. The van der Waals surface area contributed by atoms with E-state index in [2.05, 4.69) is 6.07 Å². The Hall–Kier alpha value is -4.31. The fraction of sp³-hybridized carbons (Fsp3) is 0.192. The van der Waals surface area contributed by atoms with Gasteiger partial charge in [-0.05, 0) is 66.9 Å². The number of nitro groups is 1. The molecule has 0 atom stereocenters. The minimum Gasteiger partial charge on any atom is -0.490 e. The lowest BCUT2D eigenvalue weighted by Gasteiger charge is -2.14. The zero-order chi connectivity index (χ0) is 23.6. The van der Waals surface area contributed by atoms with Crippen LogP contribution in [0.25, 0.3) is 11.6 Å². The van der Waals surface area contributed by atoms with Crippen molar-refractivity contribution >= 4 is 17.3 Å². The van der Waals surface area contributed by atoms with E-state index in [4.69, 9.17) is 14.2 Å². The number of hydrogen-bond acceptors (Lipinski definition) is 6. The van der Waals surface area contributed by atoms with Gasteiger partial charge in [-0.25, -0.2) is 0 Å². The van der Waals surface area contributed by atoms with Crippen molar-refractivity contribution in [3.05, 3.63) is 93.5 Å². The minimum absolute atomic E-state index is 0.0254. The first-order chi connectivity index (χ1) is 16.0. The number of aryl methyl sites for hydroxylation is 1. The molecule has 0 unspecified atom stereocenters. The Bertz CT molecular complexity index is 1180. The van der Waals surface area contributed by atoms with Crippen molar-refractivity contribution in [3.63, 3.8) is 0 Å². The minimum atomic E-state index is -0.474. The highest BCUT2D eigenvalue weighted by atomic mass is 16.6. The second-order valence-corrected chi connectivity index (χ2v) is 7.08. The van der Waals surface area contributed by atoms with Crippen LogP contribution in [0.3, 0.4) is 0 Å². The summed E-state index contributed by atoms with van der Waals surface area (Å²) in [5.74, 6) is 1.96. The largest absolute Gasteiger partial charge is 0.490 e. The fourth-order valence-corrected chi connectivity index (χ4v) is 3.13. The molecule has 7 nitrogen and oxygen atoms in total. The molecule has 0 N–H and O–H groups in total. The van der Waals surface area contributed by atoms with Gasteiger partial charge in [-0.1, -0.05) is 24.3 Å². The molecule has 7 heteroatoms. The molecule has 0 aliphatic heterocycles. The molecule has 3 aromatic carbocycles. The summed E-state index contributed by atoms with van der Waals surface area (Å²) in [6, 6.07) is 21.2. The van der Waals surface area contributed by atoms with Gasteiger partial charge in [0.1, 0.15) is 19.0 Å². The average molecular weight is 444 g/mol. The standard InChI is InChI=1S/C26H24N2O5/c1-3-31-26-17-20(16-22(18-27)21-9-11-23(12-10-21)28(29)30)8-13-25(26)33-15-14-32-24-7-5-4-6-19(24)2/h4-13,16-17H,3,14-15H2,1-2H3. The number of nitriles is 1. The maximum absolute atomic E-state index is 10.8. The molecule has 168 valence electrons. The van der Waals surface area contributed by atoms with Crippen LogP contribution in [0.5, 0.6) is 17.2 Å². The Balaban J connectivity index is 1.72. The van der Waals surface area contributed by atoms with E-state index in [0.29, 0.717) is 42.5 Å². The quantitative estimate of drug-likeness (QED) is 0.128. The van der Waals surface area contributed by atoms with Crippen LogP contribution in [0.4, 0.5) is 5.69 Å². The molecule has 0 fully saturated rings. The third kappa shape index (κ3) is 6.34. The summed E-state index contributed by atoms with van der Waals surface area (Å²) in [6.07, 6.45) is 1.70. The fourth-order valence-electron chi connectivity index (χ4n) is 3.13. The molecule has 0 aliphatic carbocycles. The topological polar surface area (TPSA) is 94.6 Å². The molecule has 0 spiro atoms. The van der Waals surface area contributed by atoms with E-state index < -0.39 is 4.92 Å². The molecule has 0 heterocycles. The monoisotopic (exact) mass is 444 g/mol. The molecule has 0 amide bonds. The van der Waals surface area contributed by atoms with Gasteiger partial charge in [-0.15, -0.1) is 0 Å². The van der Waals surface area contributed by atoms with Crippen molar-refractivity contribution in [1.82, 2.24) is 0 Å². The summed E-state index contributed by atoms with van der Waals surface area (Å²) in [7, 11) is 0. The van der Waals surface area contributed by atoms with Gasteiger partial charge in [0, 0.05) is 12.1 Å². The van der Waals surface area contributed by atoms with Crippen LogP contribution in [-0.2, 0) is 0 Å². The first kappa shape index (κ1) is 23.4. The number of nitrogens with zero attached hydrogens (tertiary/aromatic N) is 2. The van der Waals surface area contributed by atoms with E-state index in [0.717, 1.165) is 16.9 Å². The van der Waals surface area contributed by atoms with Gasteiger partial charge in [0.25, 0.3) is 5.69 Å². The van der Waals surface area contributed by atoms with Crippen LogP contribution >= 0.6 is 0 Å². The zero-order valence-corrected chi connectivity index (χ0v) is 18.5. The Labute approximate surface area is 192 Å². The Morgan fingerprint density at radius 3 is 2.30 bits per heavy atom. The molecular formula is C26H24N2O5. The summed E-state index contributed by atoms with van der Waals surface area (Å²) in [5.41, 5.74) is 2.76. The summed E-state index contributed by atoms with van der Waals surface area (Å²) >= 11 is 0. The number of allylic oxidation sites excluding steroid dienone is 1. The molecular weight excluding hydrogens is 420 g/mol. The zero-order valence-electron chi connectivity index (χ0n) is 18.5. The predicted octanol–water partition coefficient (Wildman–Crippen LogP) is 5.82. The van der Waals surface area contributed by atoms with Crippen molar-refractivity contribution in [2.45, 2.75) is 13.8 Å². The van der Waals surface area contributed by atoms with E-state index >= 15 is 0 Å². The Kier molecular flexibility index (Phi) is 8.03. The van der Waals surface area contributed by atoms with Gasteiger partial charge >= 0.3 is 0 Å². The molecule has 33 heavy (non-hydrogen) atoms. The third-order valence-corrected chi connectivity index (χ3v) is 4.78. The summed E-state index contributed by atoms with van der Waals surface area (Å²) in [5, 5.41) is 20.4. The van der Waals surface area contributed by atoms with Crippen molar-refractivity contribution in [2.24, 2.45) is 0 Å². The maximum atomic E-state index is 10.8. The second kappa shape index (κ2) is 11.3. The van der Waals surface area contributed by atoms with Crippen molar-refractivity contribution in [1.29, 1.82) is 5.26 Å². The number of rotatable bonds is 10. The molecule has 0 saturated heterocycles. The number of ether oxygens (including phenoxy) is 3. The van der Waals surface area contributed by atoms with Gasteiger partial charge in [0.2, 0.25) is 0 Å². The van der Waals surface area contributed by atoms with Crippen LogP contribution in [0, 0.1) is 28.4 Å². The van der Waals surface area contributed by atoms with Gasteiger partial charge < -0.3 is 14.2 Å². The molecule has 3 aromatic rings. The van der Waals surface area contributed by atoms with Crippen LogP contribution < -0.4 is 14.2 Å². The number of benzene rings is 3. The smallest absolute Gasteiger partial charge is 0.269 e. The summed E-state index contributed by atoms with van der Waals surface area (Å²) in [6.45, 7) is 5.05. The predicted molar refractivity (Wildman–Crippen MR) is 126 cm³/mol. The van der Waals surface area contributed by atoms with E-state index in [1.165, 1.54) is 12.1 Å². The number of nitro benzene ring substituents is 1. The van der Waals surface area contributed by atoms with Crippen LogP contribution in [-0.4, -0.2) is 24.7 Å². The van der Waals surface area contributed by atoms with Gasteiger partial charge in [-0.3, -0.25) is 10.1 Å². The van der Waals surface area contributed by atoms with Crippen molar-refractivity contribution in [2.75, 3.05) is 19.8 Å². The summed E-state index contributed by atoms with van der Waals surface area (Å²) in [4.78, 5) is 10.4. The van der Waals surface area contributed by atoms with Crippen LogP contribution in [0.2, 0.25) is 0 Å². The first-order valence-electron chi connectivity index (χ1n) is 10.5. The highest BCUT2D eigenvalue weighted by molar-refractivity contribution is 5.90. The first-order valence-corrected chi connectivity index (χ1v) is 10.5. The summed E-state index contributed by atoms with van der Waals surface area (Å²) < 4.78 is 17.3. The van der Waals surface area contributed by atoms with E-state index in [9.17, 15) is 15.4 Å². The molecule has 3 rings (SSSR count).